The summed E-state index contributed by atoms with van der Waals surface area (Å²) < 4.78 is 0. The molecule has 1 N–H and O–H groups in total. The first-order valence-corrected chi connectivity index (χ1v) is 8.61. The number of nitrogens with zero attached hydrogens (tertiary/aromatic N) is 3. The van der Waals surface area contributed by atoms with Gasteiger partial charge in [0, 0.05) is 48.5 Å². The van der Waals surface area contributed by atoms with Gasteiger partial charge in [0.25, 0.3) is 0 Å². The van der Waals surface area contributed by atoms with Crippen molar-refractivity contribution in [3.05, 3.63) is 64.2 Å². The summed E-state index contributed by atoms with van der Waals surface area (Å²) in [6, 6.07) is 7.82. The number of hydrogen-bond donors (Lipinski definition) is 1. The maximum Gasteiger partial charge on any atom is 0.137 e. The summed E-state index contributed by atoms with van der Waals surface area (Å²) in [6.07, 6.45) is 7.15. The van der Waals surface area contributed by atoms with E-state index in [9.17, 15) is 0 Å². The van der Waals surface area contributed by atoms with Gasteiger partial charge in [0.1, 0.15) is 16.0 Å². The number of rotatable bonds is 3. The first kappa shape index (κ1) is 15.6. The van der Waals surface area contributed by atoms with Crippen molar-refractivity contribution in [1.82, 2.24) is 19.9 Å². The Hall–Kier alpha value is -1.88. The number of hydrogen-bond acceptors (Lipinski definition) is 3. The van der Waals surface area contributed by atoms with Gasteiger partial charge in [-0.3, -0.25) is 4.90 Å². The van der Waals surface area contributed by atoms with Gasteiger partial charge in [-0.15, -0.1) is 0 Å². The molecule has 4 heterocycles. The molecule has 0 saturated carbocycles. The maximum absolute atomic E-state index is 6.18. The summed E-state index contributed by atoms with van der Waals surface area (Å²) in [7, 11) is 0. The van der Waals surface area contributed by atoms with Crippen LogP contribution in [0.4, 0.5) is 0 Å². The fourth-order valence-electron chi connectivity index (χ4n) is 3.12. The summed E-state index contributed by atoms with van der Waals surface area (Å²) in [5.74, 6) is 0. The van der Waals surface area contributed by atoms with Crippen molar-refractivity contribution < 1.29 is 0 Å². The van der Waals surface area contributed by atoms with Crippen molar-refractivity contribution in [2.24, 2.45) is 0 Å². The Bertz CT molecular complexity index is 916. The second-order valence-electron chi connectivity index (χ2n) is 5.90. The second-order valence-corrected chi connectivity index (χ2v) is 6.65. The number of fused-ring (bicyclic) bond motifs is 1. The van der Waals surface area contributed by atoms with Crippen LogP contribution in [-0.2, 0) is 6.54 Å². The predicted molar refractivity (Wildman–Crippen MR) is 98.2 cm³/mol. The molecule has 0 bridgehead atoms. The van der Waals surface area contributed by atoms with E-state index >= 15 is 0 Å². The Morgan fingerprint density at radius 2 is 2.12 bits per heavy atom. The molecule has 0 unspecified atom stereocenters. The van der Waals surface area contributed by atoms with Gasteiger partial charge in [-0.1, -0.05) is 35.3 Å². The SMILES string of the molecule is Clc1ccc(CN2CC=C(c3c[nH]c4ncccc34)CC2)c(Cl)n1. The van der Waals surface area contributed by atoms with Crippen LogP contribution in [0.5, 0.6) is 0 Å². The van der Waals surface area contributed by atoms with Crippen LogP contribution in [0.1, 0.15) is 17.5 Å². The molecule has 6 heteroatoms. The van der Waals surface area contributed by atoms with Gasteiger partial charge in [0.05, 0.1) is 0 Å². The Balaban J connectivity index is 1.51. The van der Waals surface area contributed by atoms with Crippen LogP contribution >= 0.6 is 23.2 Å². The molecule has 0 radical (unpaired) electrons. The minimum Gasteiger partial charge on any atom is -0.346 e. The van der Waals surface area contributed by atoms with E-state index in [0.29, 0.717) is 10.3 Å². The second kappa shape index (κ2) is 6.55. The van der Waals surface area contributed by atoms with Gasteiger partial charge in [0.2, 0.25) is 0 Å². The Morgan fingerprint density at radius 1 is 1.21 bits per heavy atom. The fourth-order valence-corrected chi connectivity index (χ4v) is 3.53. The molecule has 3 aromatic heterocycles. The van der Waals surface area contributed by atoms with Crippen LogP contribution in [0.25, 0.3) is 16.6 Å². The van der Waals surface area contributed by atoms with Crippen molar-refractivity contribution in [1.29, 1.82) is 0 Å². The van der Waals surface area contributed by atoms with E-state index in [1.807, 2.05) is 18.3 Å². The van der Waals surface area contributed by atoms with Crippen LogP contribution in [0.3, 0.4) is 0 Å². The third-order valence-electron chi connectivity index (χ3n) is 4.38. The van der Waals surface area contributed by atoms with Crippen LogP contribution in [0.15, 0.2) is 42.7 Å². The highest BCUT2D eigenvalue weighted by Gasteiger charge is 2.17. The standard InChI is InChI=1S/C18H16Cl2N4/c19-16-4-3-13(17(20)23-16)11-24-8-5-12(6-9-24)15-10-22-18-14(15)2-1-7-21-18/h1-5,7,10H,6,8-9,11H2,(H,21,22). The van der Waals surface area contributed by atoms with Crippen molar-refractivity contribution in [2.75, 3.05) is 13.1 Å². The van der Waals surface area contributed by atoms with Crippen LogP contribution in [0.2, 0.25) is 10.3 Å². The van der Waals surface area contributed by atoms with Crippen molar-refractivity contribution in [3.8, 4) is 0 Å². The zero-order valence-corrected chi connectivity index (χ0v) is 14.5. The molecule has 24 heavy (non-hydrogen) atoms. The summed E-state index contributed by atoms with van der Waals surface area (Å²) in [4.78, 5) is 14.1. The Kier molecular flexibility index (Phi) is 4.27. The smallest absolute Gasteiger partial charge is 0.137 e. The van der Waals surface area contributed by atoms with Crippen LogP contribution in [0, 0.1) is 0 Å². The Labute approximate surface area is 150 Å². The molecule has 0 saturated heterocycles. The zero-order chi connectivity index (χ0) is 16.5. The normalized spacial score (nSPS) is 15.7. The maximum atomic E-state index is 6.18. The van der Waals surface area contributed by atoms with Gasteiger partial charge < -0.3 is 4.98 Å². The van der Waals surface area contributed by atoms with E-state index in [4.69, 9.17) is 23.2 Å². The first-order chi connectivity index (χ1) is 11.7. The predicted octanol–water partition coefficient (Wildman–Crippen LogP) is 4.55. The summed E-state index contributed by atoms with van der Waals surface area (Å²) in [6.45, 7) is 2.65. The number of aromatic nitrogens is 3. The number of aromatic amines is 1. The number of halogens is 2. The summed E-state index contributed by atoms with van der Waals surface area (Å²) in [5.41, 5.74) is 4.57. The van der Waals surface area contributed by atoms with Gasteiger partial charge in [0.15, 0.2) is 0 Å². The first-order valence-electron chi connectivity index (χ1n) is 7.85. The lowest BCUT2D eigenvalue weighted by atomic mass is 9.99. The molecule has 0 atom stereocenters. The molecule has 1 aliphatic rings. The quantitative estimate of drug-likeness (QED) is 0.698. The van der Waals surface area contributed by atoms with Crippen molar-refractivity contribution in [2.45, 2.75) is 13.0 Å². The minimum atomic E-state index is 0.428. The molecule has 0 aromatic carbocycles. The summed E-state index contributed by atoms with van der Waals surface area (Å²) in [5, 5.41) is 2.10. The van der Waals surface area contributed by atoms with E-state index in [-0.39, 0.29) is 0 Å². The number of pyridine rings is 2. The third kappa shape index (κ3) is 3.05. The average Bonchev–Trinajstić information content (AvgIpc) is 3.02. The Morgan fingerprint density at radius 3 is 2.92 bits per heavy atom. The molecular weight excluding hydrogens is 343 g/mol. The molecule has 3 aromatic rings. The number of nitrogens with one attached hydrogen (secondary N) is 1. The topological polar surface area (TPSA) is 44.8 Å². The van der Waals surface area contributed by atoms with E-state index < -0.39 is 0 Å². The van der Waals surface area contributed by atoms with Gasteiger partial charge in [-0.2, -0.15) is 0 Å². The number of H-pyrrole nitrogens is 1. The van der Waals surface area contributed by atoms with E-state index in [2.05, 4.69) is 38.2 Å². The van der Waals surface area contributed by atoms with E-state index in [0.717, 1.165) is 37.3 Å². The lowest BCUT2D eigenvalue weighted by Gasteiger charge is -2.26. The van der Waals surface area contributed by atoms with E-state index in [1.54, 1.807) is 6.07 Å². The zero-order valence-electron chi connectivity index (χ0n) is 13.0. The average molecular weight is 359 g/mol. The molecule has 122 valence electrons. The molecule has 0 fully saturated rings. The van der Waals surface area contributed by atoms with Crippen molar-refractivity contribution >= 4 is 39.8 Å². The van der Waals surface area contributed by atoms with E-state index in [1.165, 1.54) is 16.5 Å². The highest BCUT2D eigenvalue weighted by atomic mass is 35.5. The molecule has 0 spiro atoms. The van der Waals surface area contributed by atoms with Gasteiger partial charge in [-0.05, 0) is 30.2 Å². The minimum absolute atomic E-state index is 0.428. The molecule has 0 amide bonds. The third-order valence-corrected chi connectivity index (χ3v) is 4.91. The van der Waals surface area contributed by atoms with Gasteiger partial charge in [-0.25, -0.2) is 9.97 Å². The van der Waals surface area contributed by atoms with Gasteiger partial charge >= 0.3 is 0 Å². The molecule has 4 rings (SSSR count). The lowest BCUT2D eigenvalue weighted by Crippen LogP contribution is -2.28. The largest absolute Gasteiger partial charge is 0.346 e. The van der Waals surface area contributed by atoms with Crippen LogP contribution < -0.4 is 0 Å². The molecule has 0 aliphatic carbocycles. The fraction of sp³-hybridized carbons (Fsp3) is 0.222. The highest BCUT2D eigenvalue weighted by Crippen LogP contribution is 2.29. The molecule has 1 aliphatic heterocycles. The summed E-state index contributed by atoms with van der Waals surface area (Å²) >= 11 is 12.0. The van der Waals surface area contributed by atoms with Crippen molar-refractivity contribution in [3.63, 3.8) is 0 Å². The van der Waals surface area contributed by atoms with Crippen LogP contribution in [-0.4, -0.2) is 32.9 Å². The monoisotopic (exact) mass is 358 g/mol. The molecular formula is C18H16Cl2N4. The lowest BCUT2D eigenvalue weighted by molar-refractivity contribution is 0.293. The molecule has 4 nitrogen and oxygen atoms in total. The highest BCUT2D eigenvalue weighted by molar-refractivity contribution is 6.32.